The van der Waals surface area contributed by atoms with Gasteiger partial charge in [0.1, 0.15) is 0 Å². The largest absolute Gasteiger partial charge is 0.338 e. The van der Waals surface area contributed by atoms with Crippen LogP contribution in [0.2, 0.25) is 5.15 Å². The third-order valence-electron chi connectivity index (χ3n) is 3.48. The standard InChI is InChI=1S/C17H16ClN3/c1-11(2)12-7-5-6-10-15(12)19-17-14-9-4-3-8-13(14)16(18)20-21-17/h3-11H,1-2H3,(H,19,21). The van der Waals surface area contributed by atoms with Gasteiger partial charge in [0.05, 0.1) is 0 Å². The van der Waals surface area contributed by atoms with E-state index in [0.717, 1.165) is 22.3 Å². The molecule has 0 aliphatic heterocycles. The molecule has 1 N–H and O–H groups in total. The van der Waals surface area contributed by atoms with Gasteiger partial charge in [-0.25, -0.2) is 0 Å². The smallest absolute Gasteiger partial charge is 0.161 e. The zero-order valence-corrected chi connectivity index (χ0v) is 12.7. The number of rotatable bonds is 3. The van der Waals surface area contributed by atoms with Crippen LogP contribution in [-0.4, -0.2) is 10.2 Å². The molecule has 21 heavy (non-hydrogen) atoms. The van der Waals surface area contributed by atoms with E-state index in [-0.39, 0.29) is 0 Å². The van der Waals surface area contributed by atoms with Gasteiger partial charge in [0.25, 0.3) is 0 Å². The Labute approximate surface area is 129 Å². The first-order chi connectivity index (χ1) is 10.2. The minimum atomic E-state index is 0.424. The third-order valence-corrected chi connectivity index (χ3v) is 3.76. The number of halogens is 1. The molecule has 0 radical (unpaired) electrons. The van der Waals surface area contributed by atoms with E-state index in [1.807, 2.05) is 36.4 Å². The van der Waals surface area contributed by atoms with Crippen LogP contribution < -0.4 is 5.32 Å². The highest BCUT2D eigenvalue weighted by Gasteiger charge is 2.10. The van der Waals surface area contributed by atoms with E-state index in [2.05, 4.69) is 41.5 Å². The summed E-state index contributed by atoms with van der Waals surface area (Å²) < 4.78 is 0. The number of para-hydroxylation sites is 1. The maximum atomic E-state index is 6.11. The van der Waals surface area contributed by atoms with Crippen LogP contribution in [0.4, 0.5) is 11.5 Å². The van der Waals surface area contributed by atoms with Gasteiger partial charge in [0.15, 0.2) is 11.0 Å². The van der Waals surface area contributed by atoms with Gasteiger partial charge in [-0.1, -0.05) is 67.9 Å². The van der Waals surface area contributed by atoms with Crippen LogP contribution in [0, 0.1) is 0 Å². The Balaban J connectivity index is 2.09. The number of anilines is 2. The van der Waals surface area contributed by atoms with Gasteiger partial charge in [0.2, 0.25) is 0 Å². The van der Waals surface area contributed by atoms with Crippen LogP contribution in [0.3, 0.4) is 0 Å². The molecule has 0 amide bonds. The molecule has 0 spiro atoms. The van der Waals surface area contributed by atoms with Crippen molar-refractivity contribution < 1.29 is 0 Å². The Kier molecular flexibility index (Phi) is 3.76. The molecule has 3 rings (SSSR count). The van der Waals surface area contributed by atoms with E-state index in [1.165, 1.54) is 5.56 Å². The lowest BCUT2D eigenvalue weighted by Gasteiger charge is -2.15. The Morgan fingerprint density at radius 1 is 0.905 bits per heavy atom. The number of benzene rings is 2. The lowest BCUT2D eigenvalue weighted by molar-refractivity contribution is 0.868. The average molecular weight is 298 g/mol. The molecule has 0 aliphatic carbocycles. The van der Waals surface area contributed by atoms with Gasteiger partial charge in [0, 0.05) is 16.5 Å². The fourth-order valence-corrected chi connectivity index (χ4v) is 2.61. The molecular formula is C17H16ClN3. The lowest BCUT2D eigenvalue weighted by Crippen LogP contribution is -2.01. The highest BCUT2D eigenvalue weighted by atomic mass is 35.5. The normalized spacial score (nSPS) is 11.0. The first-order valence-corrected chi connectivity index (χ1v) is 7.31. The second-order valence-electron chi connectivity index (χ2n) is 5.25. The number of nitrogens with one attached hydrogen (secondary N) is 1. The van der Waals surface area contributed by atoms with Crippen LogP contribution in [-0.2, 0) is 0 Å². The summed E-state index contributed by atoms with van der Waals surface area (Å²) in [6.45, 7) is 4.35. The van der Waals surface area contributed by atoms with Crippen molar-refractivity contribution in [3.05, 3.63) is 59.2 Å². The number of aromatic nitrogens is 2. The summed E-state index contributed by atoms with van der Waals surface area (Å²) in [6.07, 6.45) is 0. The molecular weight excluding hydrogens is 282 g/mol. The first-order valence-electron chi connectivity index (χ1n) is 6.93. The third kappa shape index (κ3) is 2.69. The molecule has 0 bridgehead atoms. The fourth-order valence-electron chi connectivity index (χ4n) is 2.41. The minimum Gasteiger partial charge on any atom is -0.338 e. The van der Waals surface area contributed by atoms with E-state index in [1.54, 1.807) is 0 Å². The number of fused-ring (bicyclic) bond motifs is 1. The summed E-state index contributed by atoms with van der Waals surface area (Å²) in [5.74, 6) is 1.16. The molecule has 0 unspecified atom stereocenters. The quantitative estimate of drug-likeness (QED) is 0.726. The van der Waals surface area contributed by atoms with Crippen molar-refractivity contribution in [2.75, 3.05) is 5.32 Å². The number of nitrogens with zero attached hydrogens (tertiary/aromatic N) is 2. The minimum absolute atomic E-state index is 0.424. The van der Waals surface area contributed by atoms with Crippen molar-refractivity contribution in [1.82, 2.24) is 10.2 Å². The van der Waals surface area contributed by atoms with Gasteiger partial charge in [-0.2, -0.15) is 0 Å². The molecule has 0 fully saturated rings. The summed E-state index contributed by atoms with van der Waals surface area (Å²) in [7, 11) is 0. The molecule has 0 saturated carbocycles. The first kappa shape index (κ1) is 13.8. The van der Waals surface area contributed by atoms with Crippen molar-refractivity contribution in [2.24, 2.45) is 0 Å². The van der Waals surface area contributed by atoms with Gasteiger partial charge in [-0.15, -0.1) is 10.2 Å². The van der Waals surface area contributed by atoms with E-state index >= 15 is 0 Å². The summed E-state index contributed by atoms with van der Waals surface area (Å²) in [4.78, 5) is 0. The molecule has 0 aliphatic rings. The maximum Gasteiger partial charge on any atom is 0.161 e. The molecule has 1 aromatic heterocycles. The lowest BCUT2D eigenvalue weighted by atomic mass is 10.0. The van der Waals surface area contributed by atoms with Crippen molar-refractivity contribution in [2.45, 2.75) is 19.8 Å². The van der Waals surface area contributed by atoms with Crippen LogP contribution in [0.1, 0.15) is 25.3 Å². The maximum absolute atomic E-state index is 6.11. The zero-order chi connectivity index (χ0) is 14.8. The summed E-state index contributed by atoms with van der Waals surface area (Å²) in [6, 6.07) is 16.1. The predicted molar refractivity (Wildman–Crippen MR) is 88.4 cm³/mol. The second-order valence-corrected chi connectivity index (χ2v) is 5.61. The summed E-state index contributed by atoms with van der Waals surface area (Å²) >= 11 is 6.11. The molecule has 4 heteroatoms. The highest BCUT2D eigenvalue weighted by molar-refractivity contribution is 6.34. The molecule has 2 aromatic carbocycles. The number of hydrogen-bond donors (Lipinski definition) is 1. The fraction of sp³-hybridized carbons (Fsp3) is 0.176. The Morgan fingerprint density at radius 2 is 1.57 bits per heavy atom. The van der Waals surface area contributed by atoms with Crippen LogP contribution in [0.5, 0.6) is 0 Å². The molecule has 0 atom stereocenters. The second kappa shape index (κ2) is 5.70. The SMILES string of the molecule is CC(C)c1ccccc1Nc1nnc(Cl)c2ccccc12. The monoisotopic (exact) mass is 297 g/mol. The molecule has 106 valence electrons. The van der Waals surface area contributed by atoms with Crippen LogP contribution in [0.15, 0.2) is 48.5 Å². The Hall–Kier alpha value is -2.13. The van der Waals surface area contributed by atoms with Crippen molar-refractivity contribution in [3.8, 4) is 0 Å². The topological polar surface area (TPSA) is 37.8 Å². The van der Waals surface area contributed by atoms with Gasteiger partial charge in [-0.05, 0) is 17.5 Å². The molecule has 1 heterocycles. The molecule has 3 aromatic rings. The predicted octanol–water partition coefficient (Wildman–Crippen LogP) is 5.15. The van der Waals surface area contributed by atoms with E-state index < -0.39 is 0 Å². The van der Waals surface area contributed by atoms with Gasteiger partial charge >= 0.3 is 0 Å². The van der Waals surface area contributed by atoms with Gasteiger partial charge < -0.3 is 5.32 Å². The summed E-state index contributed by atoms with van der Waals surface area (Å²) in [5, 5.41) is 13.9. The zero-order valence-electron chi connectivity index (χ0n) is 12.0. The van der Waals surface area contributed by atoms with E-state index in [4.69, 9.17) is 11.6 Å². The van der Waals surface area contributed by atoms with Crippen LogP contribution >= 0.6 is 11.6 Å². The van der Waals surface area contributed by atoms with E-state index in [0.29, 0.717) is 11.1 Å². The Morgan fingerprint density at radius 3 is 2.33 bits per heavy atom. The molecule has 0 saturated heterocycles. The Bertz CT molecular complexity index is 784. The average Bonchev–Trinajstić information content (AvgIpc) is 2.51. The highest BCUT2D eigenvalue weighted by Crippen LogP contribution is 2.30. The van der Waals surface area contributed by atoms with E-state index in [9.17, 15) is 0 Å². The van der Waals surface area contributed by atoms with Gasteiger partial charge in [-0.3, -0.25) is 0 Å². The molecule has 3 nitrogen and oxygen atoms in total. The number of hydrogen-bond acceptors (Lipinski definition) is 3. The van der Waals surface area contributed by atoms with Crippen molar-refractivity contribution in [3.63, 3.8) is 0 Å². The summed E-state index contributed by atoms with van der Waals surface area (Å²) in [5.41, 5.74) is 2.30. The van der Waals surface area contributed by atoms with Crippen LogP contribution in [0.25, 0.3) is 10.8 Å². The van der Waals surface area contributed by atoms with Crippen molar-refractivity contribution in [1.29, 1.82) is 0 Å². The van der Waals surface area contributed by atoms with Crippen molar-refractivity contribution >= 4 is 33.9 Å².